The third-order valence-corrected chi connectivity index (χ3v) is 4.90. The first-order valence-corrected chi connectivity index (χ1v) is 8.53. The van der Waals surface area contributed by atoms with Gasteiger partial charge in [0.15, 0.2) is 5.82 Å². The van der Waals surface area contributed by atoms with Crippen molar-refractivity contribution >= 4 is 21.7 Å². The van der Waals surface area contributed by atoms with Crippen LogP contribution >= 0.6 is 15.9 Å². The number of hydrogen-bond acceptors (Lipinski definition) is 3. The normalized spacial score (nSPS) is 16.2. The van der Waals surface area contributed by atoms with Crippen LogP contribution in [0.3, 0.4) is 0 Å². The molecule has 21 heavy (non-hydrogen) atoms. The Morgan fingerprint density at radius 1 is 1.24 bits per heavy atom. The lowest BCUT2D eigenvalue weighted by atomic mass is 9.85. The van der Waals surface area contributed by atoms with Gasteiger partial charge in [0.25, 0.3) is 0 Å². The minimum absolute atomic E-state index is 0.492. The van der Waals surface area contributed by atoms with Crippen LogP contribution in [0.25, 0.3) is 11.1 Å². The Bertz CT molecular complexity index is 603. The third kappa shape index (κ3) is 3.49. The molecule has 0 spiro atoms. The number of aromatic nitrogens is 1. The lowest BCUT2D eigenvalue weighted by Gasteiger charge is -2.20. The summed E-state index contributed by atoms with van der Waals surface area (Å²) in [5.41, 5.74) is 8.05. The van der Waals surface area contributed by atoms with E-state index in [0.29, 0.717) is 5.82 Å². The Labute approximate surface area is 134 Å². The monoisotopic (exact) mass is 348 g/mol. The fourth-order valence-corrected chi connectivity index (χ4v) is 3.67. The van der Waals surface area contributed by atoms with Crippen molar-refractivity contribution in [1.82, 2.24) is 5.16 Å². The highest BCUT2D eigenvalue weighted by Crippen LogP contribution is 2.34. The zero-order valence-corrected chi connectivity index (χ0v) is 13.7. The van der Waals surface area contributed by atoms with Gasteiger partial charge in [-0.25, -0.2) is 0 Å². The second-order valence-corrected chi connectivity index (χ2v) is 6.83. The van der Waals surface area contributed by atoms with Gasteiger partial charge in [0.2, 0.25) is 0 Å². The largest absolute Gasteiger partial charge is 0.380 e. The van der Waals surface area contributed by atoms with Crippen molar-refractivity contribution in [3.63, 3.8) is 0 Å². The third-order valence-electron chi connectivity index (χ3n) is 4.41. The predicted molar refractivity (Wildman–Crippen MR) is 88.9 cm³/mol. The molecule has 1 fully saturated rings. The molecular weight excluding hydrogens is 328 g/mol. The molecule has 1 aromatic heterocycles. The molecule has 0 atom stereocenters. The van der Waals surface area contributed by atoms with E-state index in [0.717, 1.165) is 33.7 Å². The van der Waals surface area contributed by atoms with Crippen molar-refractivity contribution in [2.45, 2.75) is 44.9 Å². The van der Waals surface area contributed by atoms with Crippen molar-refractivity contribution in [2.24, 2.45) is 5.92 Å². The van der Waals surface area contributed by atoms with E-state index in [9.17, 15) is 0 Å². The van der Waals surface area contributed by atoms with Gasteiger partial charge in [-0.05, 0) is 30.0 Å². The Hall–Kier alpha value is -1.29. The van der Waals surface area contributed by atoms with Crippen LogP contribution in [0.4, 0.5) is 5.82 Å². The second-order valence-electron chi connectivity index (χ2n) is 5.92. The number of halogens is 1. The van der Waals surface area contributed by atoms with E-state index in [2.05, 4.69) is 33.2 Å². The van der Waals surface area contributed by atoms with Crippen LogP contribution < -0.4 is 5.73 Å². The van der Waals surface area contributed by atoms with Gasteiger partial charge in [0.1, 0.15) is 5.76 Å². The predicted octanol–water partition coefficient (Wildman–Crippen LogP) is 5.20. The average Bonchev–Trinajstić information content (AvgIpc) is 2.87. The van der Waals surface area contributed by atoms with E-state index in [-0.39, 0.29) is 0 Å². The minimum atomic E-state index is 0.492. The topological polar surface area (TPSA) is 52.0 Å². The molecule has 1 aliphatic carbocycles. The first kappa shape index (κ1) is 14.6. The SMILES string of the molecule is Nc1noc(CCC2CCCCC2)c1-c1cccc(Br)c1. The molecule has 1 aliphatic rings. The number of nitrogens with zero attached hydrogens (tertiary/aromatic N) is 1. The molecule has 112 valence electrons. The molecule has 2 aromatic rings. The lowest BCUT2D eigenvalue weighted by Crippen LogP contribution is -2.07. The van der Waals surface area contributed by atoms with E-state index in [1.54, 1.807) is 0 Å². The number of benzene rings is 1. The minimum Gasteiger partial charge on any atom is -0.380 e. The standard InChI is InChI=1S/C17H21BrN2O/c18-14-8-4-7-13(11-14)16-15(21-20-17(16)19)10-9-12-5-2-1-3-6-12/h4,7-8,11-12H,1-3,5-6,9-10H2,(H2,19,20). The van der Waals surface area contributed by atoms with Crippen molar-refractivity contribution in [3.05, 3.63) is 34.5 Å². The maximum atomic E-state index is 6.01. The molecule has 4 heteroatoms. The molecule has 0 unspecified atom stereocenters. The zero-order valence-electron chi connectivity index (χ0n) is 12.1. The second kappa shape index (κ2) is 6.65. The van der Waals surface area contributed by atoms with Crippen molar-refractivity contribution in [3.8, 4) is 11.1 Å². The Morgan fingerprint density at radius 2 is 2.05 bits per heavy atom. The number of hydrogen-bond donors (Lipinski definition) is 1. The highest BCUT2D eigenvalue weighted by molar-refractivity contribution is 9.10. The number of rotatable bonds is 4. The summed E-state index contributed by atoms with van der Waals surface area (Å²) in [6.45, 7) is 0. The maximum absolute atomic E-state index is 6.01. The summed E-state index contributed by atoms with van der Waals surface area (Å²) in [6, 6.07) is 8.14. The van der Waals surface area contributed by atoms with Crippen LogP contribution in [0.2, 0.25) is 0 Å². The Morgan fingerprint density at radius 3 is 2.81 bits per heavy atom. The highest BCUT2D eigenvalue weighted by atomic mass is 79.9. The quantitative estimate of drug-likeness (QED) is 0.825. The van der Waals surface area contributed by atoms with Gasteiger partial charge in [-0.3, -0.25) is 0 Å². The van der Waals surface area contributed by atoms with E-state index in [1.165, 1.54) is 38.5 Å². The van der Waals surface area contributed by atoms with Crippen LogP contribution in [0, 0.1) is 5.92 Å². The molecule has 3 nitrogen and oxygen atoms in total. The van der Waals surface area contributed by atoms with Gasteiger partial charge in [-0.1, -0.05) is 65.3 Å². The van der Waals surface area contributed by atoms with Crippen LogP contribution in [-0.2, 0) is 6.42 Å². The van der Waals surface area contributed by atoms with Crippen molar-refractivity contribution < 1.29 is 4.52 Å². The number of aryl methyl sites for hydroxylation is 1. The van der Waals surface area contributed by atoms with Gasteiger partial charge >= 0.3 is 0 Å². The molecule has 0 aliphatic heterocycles. The molecule has 3 rings (SSSR count). The smallest absolute Gasteiger partial charge is 0.175 e. The van der Waals surface area contributed by atoms with Gasteiger partial charge in [0, 0.05) is 10.9 Å². The van der Waals surface area contributed by atoms with Gasteiger partial charge in [-0.2, -0.15) is 0 Å². The molecular formula is C17H21BrN2O. The van der Waals surface area contributed by atoms with E-state index < -0.39 is 0 Å². The first-order chi connectivity index (χ1) is 10.2. The summed E-state index contributed by atoms with van der Waals surface area (Å²) in [5, 5.41) is 3.97. The first-order valence-electron chi connectivity index (χ1n) is 7.74. The van der Waals surface area contributed by atoms with E-state index in [4.69, 9.17) is 10.3 Å². The fraction of sp³-hybridized carbons (Fsp3) is 0.471. The summed E-state index contributed by atoms with van der Waals surface area (Å²) >= 11 is 3.51. The maximum Gasteiger partial charge on any atom is 0.175 e. The number of nitrogen functional groups attached to an aromatic ring is 1. The molecule has 0 saturated heterocycles. The van der Waals surface area contributed by atoms with Crippen LogP contribution in [-0.4, -0.2) is 5.16 Å². The molecule has 1 heterocycles. The van der Waals surface area contributed by atoms with E-state index in [1.807, 2.05) is 12.1 Å². The molecule has 0 radical (unpaired) electrons. The summed E-state index contributed by atoms with van der Waals surface area (Å²) in [4.78, 5) is 0. The van der Waals surface area contributed by atoms with Gasteiger partial charge in [0.05, 0.1) is 5.56 Å². The van der Waals surface area contributed by atoms with E-state index >= 15 is 0 Å². The van der Waals surface area contributed by atoms with Crippen molar-refractivity contribution in [1.29, 1.82) is 0 Å². The molecule has 1 saturated carbocycles. The Balaban J connectivity index is 1.77. The number of nitrogens with two attached hydrogens (primary N) is 1. The van der Waals surface area contributed by atoms with Crippen LogP contribution in [0.15, 0.2) is 33.3 Å². The van der Waals surface area contributed by atoms with Crippen LogP contribution in [0.5, 0.6) is 0 Å². The fourth-order valence-electron chi connectivity index (χ4n) is 3.27. The lowest BCUT2D eigenvalue weighted by molar-refractivity contribution is 0.318. The summed E-state index contributed by atoms with van der Waals surface area (Å²) in [7, 11) is 0. The van der Waals surface area contributed by atoms with Gasteiger partial charge < -0.3 is 10.3 Å². The zero-order chi connectivity index (χ0) is 14.7. The molecule has 1 aromatic carbocycles. The summed E-state index contributed by atoms with van der Waals surface area (Å²) in [5.74, 6) is 2.25. The van der Waals surface area contributed by atoms with Crippen molar-refractivity contribution in [2.75, 3.05) is 5.73 Å². The summed E-state index contributed by atoms with van der Waals surface area (Å²) in [6.07, 6.45) is 8.97. The Kier molecular flexibility index (Phi) is 4.63. The highest BCUT2D eigenvalue weighted by Gasteiger charge is 2.19. The number of anilines is 1. The molecule has 2 N–H and O–H groups in total. The summed E-state index contributed by atoms with van der Waals surface area (Å²) < 4.78 is 6.53. The molecule has 0 amide bonds. The van der Waals surface area contributed by atoms with Crippen LogP contribution in [0.1, 0.15) is 44.3 Å². The molecule has 0 bridgehead atoms. The van der Waals surface area contributed by atoms with Gasteiger partial charge in [-0.15, -0.1) is 0 Å². The average molecular weight is 349 g/mol.